The highest BCUT2D eigenvalue weighted by Crippen LogP contribution is 2.18. The summed E-state index contributed by atoms with van der Waals surface area (Å²) in [7, 11) is 0. The fourth-order valence-corrected chi connectivity index (χ4v) is 2.55. The number of amides is 1. The van der Waals surface area contributed by atoms with Gasteiger partial charge in [0.1, 0.15) is 0 Å². The molecule has 18 heavy (non-hydrogen) atoms. The number of hydrogen-bond acceptors (Lipinski definition) is 2. The molecule has 1 aromatic rings. The van der Waals surface area contributed by atoms with Crippen LogP contribution < -0.4 is 5.32 Å². The first-order valence-electron chi connectivity index (χ1n) is 6.63. The van der Waals surface area contributed by atoms with Crippen LogP contribution in [0.15, 0.2) is 12.4 Å². The van der Waals surface area contributed by atoms with Gasteiger partial charge in [-0.25, -0.2) is 0 Å². The van der Waals surface area contributed by atoms with Gasteiger partial charge in [0.2, 0.25) is 5.91 Å². The molecule has 1 atom stereocenters. The highest BCUT2D eigenvalue weighted by atomic mass is 35.5. The van der Waals surface area contributed by atoms with Crippen molar-refractivity contribution in [3.63, 3.8) is 0 Å². The molecule has 0 bridgehead atoms. The zero-order valence-electron chi connectivity index (χ0n) is 10.7. The Morgan fingerprint density at radius 3 is 2.89 bits per heavy atom. The van der Waals surface area contributed by atoms with Crippen molar-refractivity contribution < 1.29 is 4.79 Å². The molecular weight excluding hydrogens is 250 g/mol. The van der Waals surface area contributed by atoms with Crippen LogP contribution in [-0.2, 0) is 11.3 Å². The van der Waals surface area contributed by atoms with Gasteiger partial charge in [0.15, 0.2) is 0 Å². The van der Waals surface area contributed by atoms with Crippen LogP contribution in [0.2, 0.25) is 5.02 Å². The van der Waals surface area contributed by atoms with Crippen LogP contribution in [-0.4, -0.2) is 21.7 Å². The topological polar surface area (TPSA) is 46.9 Å². The van der Waals surface area contributed by atoms with E-state index in [1.165, 1.54) is 19.3 Å². The number of carbonyl (C=O) groups is 1. The minimum atomic E-state index is -0.0807. The lowest BCUT2D eigenvalue weighted by molar-refractivity contribution is -0.125. The van der Waals surface area contributed by atoms with Crippen molar-refractivity contribution in [3.8, 4) is 0 Å². The van der Waals surface area contributed by atoms with Crippen LogP contribution in [0.3, 0.4) is 0 Å². The second kappa shape index (κ2) is 6.23. The number of rotatable bonds is 4. The first kappa shape index (κ1) is 13.4. The Bertz CT molecular complexity index is 399. The van der Waals surface area contributed by atoms with E-state index < -0.39 is 0 Å². The third-order valence-corrected chi connectivity index (χ3v) is 3.66. The monoisotopic (exact) mass is 269 g/mol. The maximum Gasteiger partial charge on any atom is 0.224 e. The maximum absolute atomic E-state index is 12.0. The van der Waals surface area contributed by atoms with Gasteiger partial charge < -0.3 is 5.32 Å². The normalized spacial score (nSPS) is 18.6. The summed E-state index contributed by atoms with van der Waals surface area (Å²) in [4.78, 5) is 12.0. The van der Waals surface area contributed by atoms with Crippen molar-refractivity contribution in [2.75, 3.05) is 0 Å². The first-order valence-corrected chi connectivity index (χ1v) is 7.01. The first-order chi connectivity index (χ1) is 8.65. The van der Waals surface area contributed by atoms with Crippen molar-refractivity contribution in [3.05, 3.63) is 17.4 Å². The molecular formula is C13H20ClN3O. The largest absolute Gasteiger partial charge is 0.353 e. The Balaban J connectivity index is 1.80. The van der Waals surface area contributed by atoms with E-state index in [1.807, 2.05) is 6.92 Å². The van der Waals surface area contributed by atoms with E-state index in [0.29, 0.717) is 17.6 Å². The molecule has 0 radical (unpaired) electrons. The zero-order chi connectivity index (χ0) is 13.0. The molecule has 1 heterocycles. The lowest BCUT2D eigenvalue weighted by Crippen LogP contribution is -2.40. The van der Waals surface area contributed by atoms with E-state index in [1.54, 1.807) is 17.1 Å². The number of nitrogens with zero attached hydrogens (tertiary/aromatic N) is 2. The molecule has 0 saturated heterocycles. The fraction of sp³-hybridized carbons (Fsp3) is 0.692. The Morgan fingerprint density at radius 2 is 2.28 bits per heavy atom. The maximum atomic E-state index is 12.0. The zero-order valence-corrected chi connectivity index (χ0v) is 11.5. The van der Waals surface area contributed by atoms with Crippen LogP contribution in [0.5, 0.6) is 0 Å². The van der Waals surface area contributed by atoms with Crippen molar-refractivity contribution in [2.45, 2.75) is 51.6 Å². The number of hydrogen-bond donors (Lipinski definition) is 1. The molecule has 1 fully saturated rings. The lowest BCUT2D eigenvalue weighted by atomic mass is 9.95. The summed E-state index contributed by atoms with van der Waals surface area (Å²) in [5, 5.41) is 7.83. The highest BCUT2D eigenvalue weighted by molar-refractivity contribution is 6.30. The molecule has 1 unspecified atom stereocenters. The minimum Gasteiger partial charge on any atom is -0.353 e. The van der Waals surface area contributed by atoms with E-state index in [0.717, 1.165) is 12.8 Å². The third kappa shape index (κ3) is 3.73. The molecule has 1 N–H and O–H groups in total. The molecule has 5 heteroatoms. The van der Waals surface area contributed by atoms with Crippen LogP contribution in [0.25, 0.3) is 0 Å². The van der Waals surface area contributed by atoms with Crippen molar-refractivity contribution in [2.24, 2.45) is 5.92 Å². The Hall–Kier alpha value is -1.03. The standard InChI is InChI=1S/C13H20ClN3O/c1-10(8-17-9-11(14)7-15-17)13(18)16-12-5-3-2-4-6-12/h7,9-10,12H,2-6,8H2,1H3,(H,16,18). The summed E-state index contributed by atoms with van der Waals surface area (Å²) in [6.07, 6.45) is 9.33. The predicted octanol–water partition coefficient (Wildman–Crippen LogP) is 2.62. The summed E-state index contributed by atoms with van der Waals surface area (Å²) in [5.74, 6) is 0.0383. The highest BCUT2D eigenvalue weighted by Gasteiger charge is 2.19. The quantitative estimate of drug-likeness (QED) is 0.913. The molecule has 1 saturated carbocycles. The van der Waals surface area contributed by atoms with Gasteiger partial charge in [0.05, 0.1) is 23.7 Å². The molecule has 100 valence electrons. The van der Waals surface area contributed by atoms with E-state index >= 15 is 0 Å². The van der Waals surface area contributed by atoms with Gasteiger partial charge in [-0.2, -0.15) is 5.10 Å². The van der Waals surface area contributed by atoms with E-state index in [-0.39, 0.29) is 11.8 Å². The van der Waals surface area contributed by atoms with Gasteiger partial charge in [0.25, 0.3) is 0 Å². The van der Waals surface area contributed by atoms with Crippen molar-refractivity contribution >= 4 is 17.5 Å². The predicted molar refractivity (Wildman–Crippen MR) is 71.4 cm³/mol. The number of aromatic nitrogens is 2. The van der Waals surface area contributed by atoms with Crippen LogP contribution >= 0.6 is 11.6 Å². The summed E-state index contributed by atoms with van der Waals surface area (Å²) < 4.78 is 1.72. The Kier molecular flexibility index (Phi) is 4.64. The molecule has 2 rings (SSSR count). The summed E-state index contributed by atoms with van der Waals surface area (Å²) >= 11 is 5.80. The van der Waals surface area contributed by atoms with E-state index in [9.17, 15) is 4.79 Å². The van der Waals surface area contributed by atoms with E-state index in [4.69, 9.17) is 11.6 Å². The van der Waals surface area contributed by atoms with Gasteiger partial charge in [-0.05, 0) is 12.8 Å². The van der Waals surface area contributed by atoms with Crippen molar-refractivity contribution in [1.82, 2.24) is 15.1 Å². The molecule has 0 aromatic carbocycles. The number of carbonyl (C=O) groups excluding carboxylic acids is 1. The summed E-state index contributed by atoms with van der Waals surface area (Å²) in [5.41, 5.74) is 0. The van der Waals surface area contributed by atoms with Gasteiger partial charge in [-0.15, -0.1) is 0 Å². The fourth-order valence-electron chi connectivity index (χ4n) is 2.39. The lowest BCUT2D eigenvalue weighted by Gasteiger charge is -2.24. The Morgan fingerprint density at radius 1 is 1.56 bits per heavy atom. The smallest absolute Gasteiger partial charge is 0.224 e. The molecule has 1 aliphatic carbocycles. The average Bonchev–Trinajstić information content (AvgIpc) is 2.76. The summed E-state index contributed by atoms with van der Waals surface area (Å²) in [6.45, 7) is 2.50. The third-order valence-electron chi connectivity index (χ3n) is 3.46. The van der Waals surface area contributed by atoms with Crippen LogP contribution in [0.1, 0.15) is 39.0 Å². The van der Waals surface area contributed by atoms with Gasteiger partial charge in [0, 0.05) is 12.2 Å². The molecule has 4 nitrogen and oxygen atoms in total. The molecule has 1 aromatic heterocycles. The van der Waals surface area contributed by atoms with Gasteiger partial charge >= 0.3 is 0 Å². The van der Waals surface area contributed by atoms with Crippen LogP contribution in [0.4, 0.5) is 0 Å². The van der Waals surface area contributed by atoms with Crippen molar-refractivity contribution in [1.29, 1.82) is 0 Å². The minimum absolute atomic E-state index is 0.0807. The summed E-state index contributed by atoms with van der Waals surface area (Å²) in [6, 6.07) is 0.370. The Labute approximate surface area is 113 Å². The average molecular weight is 270 g/mol. The molecule has 1 aliphatic rings. The molecule has 0 spiro atoms. The molecule has 0 aliphatic heterocycles. The number of halogens is 1. The van der Waals surface area contributed by atoms with Crippen LogP contribution in [0, 0.1) is 5.92 Å². The van der Waals surface area contributed by atoms with Gasteiger partial charge in [-0.3, -0.25) is 9.48 Å². The van der Waals surface area contributed by atoms with E-state index in [2.05, 4.69) is 10.4 Å². The second-order valence-corrected chi connectivity index (χ2v) is 5.56. The number of nitrogens with one attached hydrogen (secondary N) is 1. The van der Waals surface area contributed by atoms with Gasteiger partial charge in [-0.1, -0.05) is 37.8 Å². The molecule has 1 amide bonds. The SMILES string of the molecule is CC(Cn1cc(Cl)cn1)C(=O)NC1CCCCC1. The second-order valence-electron chi connectivity index (χ2n) is 5.13.